The Morgan fingerprint density at radius 3 is 2.47 bits per heavy atom. The van der Waals surface area contributed by atoms with Crippen LogP contribution in [0, 0.1) is 0 Å². The van der Waals surface area contributed by atoms with Crippen LogP contribution in [0.4, 0.5) is 0 Å². The second kappa shape index (κ2) is 4.47. The number of thiocarbonyl (C=S) groups is 1. The van der Waals surface area contributed by atoms with Gasteiger partial charge in [-0.3, -0.25) is 9.59 Å². The first-order valence-electron chi connectivity index (χ1n) is 4.94. The van der Waals surface area contributed by atoms with Gasteiger partial charge in [-0.1, -0.05) is 24.4 Å². The van der Waals surface area contributed by atoms with Crippen LogP contribution >= 0.6 is 12.2 Å². The summed E-state index contributed by atoms with van der Waals surface area (Å²) in [5, 5.41) is 11.6. The Kier molecular flexibility index (Phi) is 3.01. The van der Waals surface area contributed by atoms with Gasteiger partial charge in [0, 0.05) is 0 Å². The largest absolute Gasteiger partial charge is 0.508 e. The van der Waals surface area contributed by atoms with E-state index in [1.807, 2.05) is 0 Å². The van der Waals surface area contributed by atoms with Crippen molar-refractivity contribution in [1.29, 1.82) is 0 Å². The van der Waals surface area contributed by atoms with Crippen molar-refractivity contribution in [3.05, 3.63) is 35.4 Å². The number of phenolic OH excluding ortho intramolecular Hbond substituents is 1. The lowest BCUT2D eigenvalue weighted by Gasteiger charge is -2.14. The zero-order valence-corrected chi connectivity index (χ0v) is 9.58. The molecule has 1 fully saturated rings. The van der Waals surface area contributed by atoms with E-state index in [-0.39, 0.29) is 28.5 Å². The highest BCUT2D eigenvalue weighted by Crippen LogP contribution is 2.16. The highest BCUT2D eigenvalue weighted by Gasteiger charge is 2.25. The molecule has 0 radical (unpaired) electrons. The molecule has 0 unspecified atom stereocenters. The number of amides is 1. The SMILES string of the molecule is O=C1CC(=S)NC(=O)C1=Cc1ccc(O)cc1. The van der Waals surface area contributed by atoms with Gasteiger partial charge < -0.3 is 10.4 Å². The summed E-state index contributed by atoms with van der Waals surface area (Å²) in [6.07, 6.45) is 1.55. The van der Waals surface area contributed by atoms with Gasteiger partial charge in [0.2, 0.25) is 0 Å². The lowest BCUT2D eigenvalue weighted by molar-refractivity contribution is -0.122. The number of Topliss-reactive ketones (excluding diaryl/α,β-unsaturated/α-hetero) is 1. The molecule has 1 heterocycles. The minimum atomic E-state index is -0.473. The molecule has 1 saturated heterocycles. The van der Waals surface area contributed by atoms with E-state index >= 15 is 0 Å². The van der Waals surface area contributed by atoms with Gasteiger partial charge in [-0.2, -0.15) is 0 Å². The Morgan fingerprint density at radius 1 is 1.24 bits per heavy atom. The van der Waals surface area contributed by atoms with Crippen molar-refractivity contribution >= 4 is 35.0 Å². The first-order chi connectivity index (χ1) is 8.06. The summed E-state index contributed by atoms with van der Waals surface area (Å²) in [6, 6.07) is 6.22. The summed E-state index contributed by atoms with van der Waals surface area (Å²) in [5.74, 6) is -0.626. The van der Waals surface area contributed by atoms with Crippen molar-refractivity contribution in [2.45, 2.75) is 6.42 Å². The molecule has 1 aliphatic heterocycles. The Balaban J connectivity index is 2.32. The third-order valence-electron chi connectivity index (χ3n) is 2.32. The Bertz CT molecular complexity index is 509. The molecule has 17 heavy (non-hydrogen) atoms. The van der Waals surface area contributed by atoms with Crippen LogP contribution in [-0.2, 0) is 9.59 Å². The van der Waals surface area contributed by atoms with Crippen molar-refractivity contribution in [3.63, 3.8) is 0 Å². The standard InChI is InChI=1S/C12H9NO3S/c14-8-3-1-7(2-4-8)5-9-10(15)6-11(17)13-12(9)16/h1-5,14H,6H2,(H,13,16,17). The zero-order valence-electron chi connectivity index (χ0n) is 8.77. The first-order valence-corrected chi connectivity index (χ1v) is 5.35. The molecule has 1 amide bonds. The van der Waals surface area contributed by atoms with Crippen LogP contribution in [0.5, 0.6) is 5.75 Å². The molecular weight excluding hydrogens is 238 g/mol. The van der Waals surface area contributed by atoms with Gasteiger partial charge in [0.15, 0.2) is 5.78 Å². The zero-order chi connectivity index (χ0) is 12.4. The highest BCUT2D eigenvalue weighted by atomic mass is 32.1. The molecular formula is C12H9NO3S. The minimum Gasteiger partial charge on any atom is -0.508 e. The molecule has 0 atom stereocenters. The number of piperidine rings is 1. The maximum absolute atomic E-state index is 11.6. The van der Waals surface area contributed by atoms with E-state index in [1.165, 1.54) is 18.2 Å². The fourth-order valence-electron chi connectivity index (χ4n) is 1.49. The molecule has 1 aromatic rings. The van der Waals surface area contributed by atoms with E-state index in [1.54, 1.807) is 12.1 Å². The molecule has 0 aliphatic carbocycles. The summed E-state index contributed by atoms with van der Waals surface area (Å²) in [4.78, 5) is 23.4. The topological polar surface area (TPSA) is 66.4 Å². The van der Waals surface area contributed by atoms with Crippen LogP contribution in [0.25, 0.3) is 6.08 Å². The van der Waals surface area contributed by atoms with E-state index in [4.69, 9.17) is 17.3 Å². The third kappa shape index (κ3) is 2.57. The number of ketones is 1. The predicted octanol–water partition coefficient (Wildman–Crippen LogP) is 1.19. The van der Waals surface area contributed by atoms with Gasteiger partial charge >= 0.3 is 0 Å². The molecule has 0 aromatic heterocycles. The number of phenols is 1. The summed E-state index contributed by atoms with van der Waals surface area (Å²) in [7, 11) is 0. The van der Waals surface area contributed by atoms with Crippen LogP contribution in [0.2, 0.25) is 0 Å². The number of carbonyl (C=O) groups excluding carboxylic acids is 2. The number of benzene rings is 1. The molecule has 1 aromatic carbocycles. The highest BCUT2D eigenvalue weighted by molar-refractivity contribution is 7.80. The normalized spacial score (nSPS) is 18.4. The van der Waals surface area contributed by atoms with Crippen molar-refractivity contribution in [3.8, 4) is 5.75 Å². The number of carbonyl (C=O) groups is 2. The Morgan fingerprint density at radius 2 is 1.88 bits per heavy atom. The monoisotopic (exact) mass is 247 g/mol. The fourth-order valence-corrected chi connectivity index (χ4v) is 1.71. The van der Waals surface area contributed by atoms with E-state index in [0.717, 1.165) is 0 Å². The first kappa shape index (κ1) is 11.5. The predicted molar refractivity (Wildman–Crippen MR) is 66.4 cm³/mol. The number of aromatic hydroxyl groups is 1. The molecule has 2 rings (SSSR count). The van der Waals surface area contributed by atoms with Gasteiger partial charge in [-0.15, -0.1) is 0 Å². The van der Waals surface area contributed by atoms with Crippen LogP contribution in [0.1, 0.15) is 12.0 Å². The maximum Gasteiger partial charge on any atom is 0.259 e. The number of rotatable bonds is 1. The molecule has 4 nitrogen and oxygen atoms in total. The van der Waals surface area contributed by atoms with E-state index in [9.17, 15) is 9.59 Å². The second-order valence-electron chi connectivity index (χ2n) is 3.63. The quantitative estimate of drug-likeness (QED) is 0.444. The van der Waals surface area contributed by atoms with Gasteiger partial charge in [0.25, 0.3) is 5.91 Å². The lowest BCUT2D eigenvalue weighted by Crippen LogP contribution is -2.39. The van der Waals surface area contributed by atoms with Crippen LogP contribution in [0.15, 0.2) is 29.8 Å². The van der Waals surface area contributed by atoms with Crippen LogP contribution in [-0.4, -0.2) is 21.8 Å². The molecule has 0 saturated carbocycles. The summed E-state index contributed by atoms with van der Waals surface area (Å²) in [5.41, 5.74) is 0.762. The average molecular weight is 247 g/mol. The van der Waals surface area contributed by atoms with Crippen molar-refractivity contribution < 1.29 is 14.7 Å². The number of hydrogen-bond donors (Lipinski definition) is 2. The third-order valence-corrected chi connectivity index (χ3v) is 2.57. The molecule has 2 N–H and O–H groups in total. The second-order valence-corrected chi connectivity index (χ2v) is 4.12. The minimum absolute atomic E-state index is 0.0605. The molecule has 5 heteroatoms. The van der Waals surface area contributed by atoms with Crippen LogP contribution in [0.3, 0.4) is 0 Å². The lowest BCUT2D eigenvalue weighted by atomic mass is 10.0. The molecule has 0 bridgehead atoms. The van der Waals surface area contributed by atoms with E-state index < -0.39 is 5.91 Å². The summed E-state index contributed by atoms with van der Waals surface area (Å²) >= 11 is 4.78. The van der Waals surface area contributed by atoms with Crippen LogP contribution < -0.4 is 5.32 Å². The van der Waals surface area contributed by atoms with Gasteiger partial charge in [0.1, 0.15) is 5.75 Å². The van der Waals surface area contributed by atoms with E-state index in [0.29, 0.717) is 5.56 Å². The Labute approximate surface area is 103 Å². The van der Waals surface area contributed by atoms with E-state index in [2.05, 4.69) is 5.32 Å². The smallest absolute Gasteiger partial charge is 0.259 e. The summed E-state index contributed by atoms with van der Waals surface area (Å²) in [6.45, 7) is 0. The van der Waals surface area contributed by atoms with Crippen molar-refractivity contribution in [2.24, 2.45) is 0 Å². The summed E-state index contributed by atoms with van der Waals surface area (Å²) < 4.78 is 0. The molecule has 86 valence electrons. The fraction of sp³-hybridized carbons (Fsp3) is 0.0833. The van der Waals surface area contributed by atoms with Crippen molar-refractivity contribution in [2.75, 3.05) is 0 Å². The Hall–Kier alpha value is -2.01. The van der Waals surface area contributed by atoms with Crippen molar-refractivity contribution in [1.82, 2.24) is 5.32 Å². The molecule has 0 spiro atoms. The van der Waals surface area contributed by atoms with Gasteiger partial charge in [-0.05, 0) is 23.8 Å². The molecule has 1 aliphatic rings. The average Bonchev–Trinajstić information content (AvgIpc) is 2.26. The number of hydrogen-bond acceptors (Lipinski definition) is 4. The van der Waals surface area contributed by atoms with Gasteiger partial charge in [0.05, 0.1) is 17.0 Å². The number of nitrogens with one attached hydrogen (secondary N) is 1. The van der Waals surface area contributed by atoms with Gasteiger partial charge in [-0.25, -0.2) is 0 Å². The maximum atomic E-state index is 11.6.